The minimum absolute atomic E-state index is 0.0994. The van der Waals surface area contributed by atoms with Crippen LogP contribution in [0.3, 0.4) is 0 Å². The zero-order valence-electron chi connectivity index (χ0n) is 13.8. The molecule has 0 fully saturated rings. The molecule has 4 heteroatoms. The predicted molar refractivity (Wildman–Crippen MR) is 94.7 cm³/mol. The molecule has 3 rings (SSSR count). The third kappa shape index (κ3) is 3.49. The Morgan fingerprint density at radius 1 is 1.08 bits per heavy atom. The number of hydrogen-bond acceptors (Lipinski definition) is 2. The molecule has 0 saturated heterocycles. The Morgan fingerprint density at radius 2 is 1.79 bits per heavy atom. The lowest BCUT2D eigenvalue weighted by atomic mass is 10.1. The fraction of sp³-hybridized carbons (Fsp3) is 0.150. The van der Waals surface area contributed by atoms with Gasteiger partial charge in [0.2, 0.25) is 0 Å². The number of nitrogens with one attached hydrogen (secondary N) is 1. The second-order valence-corrected chi connectivity index (χ2v) is 5.64. The average Bonchev–Trinajstić information content (AvgIpc) is 3.14. The van der Waals surface area contributed by atoms with Crippen molar-refractivity contribution in [2.75, 3.05) is 7.11 Å². The van der Waals surface area contributed by atoms with Crippen molar-refractivity contribution in [3.63, 3.8) is 0 Å². The first-order valence-electron chi connectivity index (χ1n) is 7.82. The van der Waals surface area contributed by atoms with Gasteiger partial charge >= 0.3 is 0 Å². The van der Waals surface area contributed by atoms with Crippen molar-refractivity contribution < 1.29 is 9.53 Å². The van der Waals surface area contributed by atoms with Crippen LogP contribution in [-0.4, -0.2) is 17.6 Å². The van der Waals surface area contributed by atoms with Crippen LogP contribution in [0.1, 0.15) is 21.5 Å². The summed E-state index contributed by atoms with van der Waals surface area (Å²) >= 11 is 0. The zero-order chi connectivity index (χ0) is 16.9. The molecule has 1 amide bonds. The van der Waals surface area contributed by atoms with E-state index in [1.807, 2.05) is 78.5 Å². The van der Waals surface area contributed by atoms with Crippen molar-refractivity contribution in [2.45, 2.75) is 13.5 Å². The summed E-state index contributed by atoms with van der Waals surface area (Å²) in [4.78, 5) is 12.3. The van der Waals surface area contributed by atoms with Crippen molar-refractivity contribution in [2.24, 2.45) is 0 Å². The number of amides is 1. The van der Waals surface area contributed by atoms with Gasteiger partial charge in [0, 0.05) is 35.8 Å². The van der Waals surface area contributed by atoms with Crippen LogP contribution in [-0.2, 0) is 6.54 Å². The van der Waals surface area contributed by atoms with E-state index in [9.17, 15) is 4.79 Å². The monoisotopic (exact) mass is 320 g/mol. The Kier molecular flexibility index (Phi) is 4.66. The first kappa shape index (κ1) is 15.9. The van der Waals surface area contributed by atoms with Gasteiger partial charge in [-0.1, -0.05) is 17.7 Å². The smallest absolute Gasteiger partial charge is 0.251 e. The summed E-state index contributed by atoms with van der Waals surface area (Å²) < 4.78 is 7.34. The molecule has 0 bridgehead atoms. The van der Waals surface area contributed by atoms with Crippen molar-refractivity contribution in [3.05, 3.63) is 83.7 Å². The zero-order valence-corrected chi connectivity index (χ0v) is 13.8. The van der Waals surface area contributed by atoms with Crippen LogP contribution in [0.25, 0.3) is 5.69 Å². The Labute approximate surface area is 141 Å². The Hall–Kier alpha value is -3.01. The molecule has 0 atom stereocenters. The summed E-state index contributed by atoms with van der Waals surface area (Å²) in [6.45, 7) is 2.45. The lowest BCUT2D eigenvalue weighted by molar-refractivity contribution is 0.0950. The molecule has 1 heterocycles. The van der Waals surface area contributed by atoms with E-state index in [0.717, 1.165) is 22.6 Å². The maximum atomic E-state index is 12.3. The number of ether oxygens (including phenoxy) is 1. The Balaban J connectivity index is 1.68. The van der Waals surface area contributed by atoms with Gasteiger partial charge in [0.05, 0.1) is 7.11 Å². The van der Waals surface area contributed by atoms with Gasteiger partial charge in [0.1, 0.15) is 5.75 Å². The number of methoxy groups -OCH3 is 1. The lowest BCUT2D eigenvalue weighted by Gasteiger charge is -2.11. The molecule has 2 aromatic carbocycles. The highest BCUT2D eigenvalue weighted by molar-refractivity contribution is 5.94. The molecule has 1 N–H and O–H groups in total. The van der Waals surface area contributed by atoms with Crippen LogP contribution in [0.15, 0.2) is 67.0 Å². The van der Waals surface area contributed by atoms with Gasteiger partial charge in [-0.3, -0.25) is 4.79 Å². The standard InChI is InChI=1S/C20H20N2O2/c1-15-5-10-19(24-2)17(13-15)14-21-20(23)16-6-8-18(9-7-16)22-11-3-4-12-22/h3-13H,14H2,1-2H3,(H,21,23). The fourth-order valence-electron chi connectivity index (χ4n) is 2.61. The van der Waals surface area contributed by atoms with E-state index in [1.54, 1.807) is 7.11 Å². The second-order valence-electron chi connectivity index (χ2n) is 5.64. The summed E-state index contributed by atoms with van der Waals surface area (Å²) in [6.07, 6.45) is 3.94. The lowest BCUT2D eigenvalue weighted by Crippen LogP contribution is -2.23. The molecule has 1 aromatic heterocycles. The predicted octanol–water partition coefficient (Wildman–Crippen LogP) is 3.72. The molecular weight excluding hydrogens is 300 g/mol. The molecule has 3 aromatic rings. The molecule has 0 aliphatic rings. The summed E-state index contributed by atoms with van der Waals surface area (Å²) in [7, 11) is 1.63. The normalized spacial score (nSPS) is 10.4. The fourth-order valence-corrected chi connectivity index (χ4v) is 2.61. The topological polar surface area (TPSA) is 43.3 Å². The molecule has 0 aliphatic heterocycles. The minimum atomic E-state index is -0.0994. The molecule has 0 saturated carbocycles. The number of nitrogens with zero attached hydrogens (tertiary/aromatic N) is 1. The van der Waals surface area contributed by atoms with E-state index >= 15 is 0 Å². The van der Waals surface area contributed by atoms with Crippen molar-refractivity contribution in [3.8, 4) is 11.4 Å². The minimum Gasteiger partial charge on any atom is -0.496 e. The van der Waals surface area contributed by atoms with Gasteiger partial charge in [-0.25, -0.2) is 0 Å². The maximum Gasteiger partial charge on any atom is 0.251 e. The maximum absolute atomic E-state index is 12.3. The van der Waals surface area contributed by atoms with Gasteiger partial charge in [-0.2, -0.15) is 0 Å². The number of rotatable bonds is 5. The van der Waals surface area contributed by atoms with E-state index < -0.39 is 0 Å². The van der Waals surface area contributed by atoms with Crippen LogP contribution >= 0.6 is 0 Å². The molecule has 0 unspecified atom stereocenters. The summed E-state index contributed by atoms with van der Waals surface area (Å²) in [5.41, 5.74) is 3.76. The summed E-state index contributed by atoms with van der Waals surface area (Å²) in [5, 5.41) is 2.95. The van der Waals surface area contributed by atoms with Crippen LogP contribution in [0.5, 0.6) is 5.75 Å². The van der Waals surface area contributed by atoms with Gasteiger partial charge in [0.25, 0.3) is 5.91 Å². The number of aryl methyl sites for hydroxylation is 1. The highest BCUT2D eigenvalue weighted by Crippen LogP contribution is 2.19. The van der Waals surface area contributed by atoms with Gasteiger partial charge in [0.15, 0.2) is 0 Å². The van der Waals surface area contributed by atoms with E-state index in [0.29, 0.717) is 12.1 Å². The highest BCUT2D eigenvalue weighted by Gasteiger charge is 2.08. The van der Waals surface area contributed by atoms with Crippen LogP contribution < -0.4 is 10.1 Å². The first-order valence-corrected chi connectivity index (χ1v) is 7.82. The number of benzene rings is 2. The van der Waals surface area contributed by atoms with E-state index in [4.69, 9.17) is 4.74 Å². The van der Waals surface area contributed by atoms with Crippen molar-refractivity contribution >= 4 is 5.91 Å². The largest absolute Gasteiger partial charge is 0.496 e. The van der Waals surface area contributed by atoms with E-state index in [-0.39, 0.29) is 5.91 Å². The second kappa shape index (κ2) is 7.04. The third-order valence-electron chi connectivity index (χ3n) is 3.91. The Morgan fingerprint density at radius 3 is 2.46 bits per heavy atom. The van der Waals surface area contributed by atoms with Crippen LogP contribution in [0, 0.1) is 6.92 Å². The number of carbonyl (C=O) groups is 1. The average molecular weight is 320 g/mol. The van der Waals surface area contributed by atoms with Crippen molar-refractivity contribution in [1.29, 1.82) is 0 Å². The molecule has 24 heavy (non-hydrogen) atoms. The van der Waals surface area contributed by atoms with Crippen molar-refractivity contribution in [1.82, 2.24) is 9.88 Å². The molecule has 122 valence electrons. The number of hydrogen-bond donors (Lipinski definition) is 1. The molecular formula is C20H20N2O2. The summed E-state index contributed by atoms with van der Waals surface area (Å²) in [6, 6.07) is 17.4. The molecule has 0 aliphatic carbocycles. The van der Waals surface area contributed by atoms with Gasteiger partial charge in [-0.15, -0.1) is 0 Å². The quantitative estimate of drug-likeness (QED) is 0.778. The SMILES string of the molecule is COc1ccc(C)cc1CNC(=O)c1ccc(-n2cccc2)cc1. The third-order valence-corrected chi connectivity index (χ3v) is 3.91. The number of carbonyl (C=O) groups excluding carboxylic acids is 1. The number of aromatic nitrogens is 1. The first-order chi connectivity index (χ1) is 11.7. The van der Waals surface area contributed by atoms with Crippen LogP contribution in [0.2, 0.25) is 0 Å². The van der Waals surface area contributed by atoms with Gasteiger partial charge in [-0.05, 0) is 49.4 Å². The molecule has 4 nitrogen and oxygen atoms in total. The molecule has 0 spiro atoms. The summed E-state index contributed by atoms with van der Waals surface area (Å²) in [5.74, 6) is 0.682. The molecule has 0 radical (unpaired) electrons. The van der Waals surface area contributed by atoms with Gasteiger partial charge < -0.3 is 14.6 Å². The Bertz CT molecular complexity index is 821. The van der Waals surface area contributed by atoms with Crippen LogP contribution in [0.4, 0.5) is 0 Å². The van der Waals surface area contributed by atoms with E-state index in [2.05, 4.69) is 5.32 Å². The highest BCUT2D eigenvalue weighted by atomic mass is 16.5. The van der Waals surface area contributed by atoms with E-state index in [1.165, 1.54) is 0 Å².